The molecular weight excluding hydrogens is 799 g/mol. The largest absolute Gasteiger partial charge is 0.472 e. The van der Waals surface area contributed by atoms with Crippen LogP contribution in [0.4, 0.5) is 38.7 Å². The molecule has 9 rings (SSSR count). The molecule has 0 radical (unpaired) electrons. The molecule has 4 aromatic rings. The lowest BCUT2D eigenvalue weighted by molar-refractivity contribution is -0.0132. The Hall–Kier alpha value is -5.63. The number of pyridine rings is 1. The number of carbonyl (C=O) groups is 2. The fourth-order valence-electron chi connectivity index (χ4n) is 9.79. The average Bonchev–Trinajstić information content (AvgIpc) is 3.51. The first-order valence-corrected chi connectivity index (χ1v) is 20.5. The van der Waals surface area contributed by atoms with Crippen LogP contribution in [0.25, 0.3) is 32.9 Å². The number of anilines is 2. The van der Waals surface area contributed by atoms with Crippen LogP contribution in [0.15, 0.2) is 24.3 Å². The van der Waals surface area contributed by atoms with E-state index in [-0.39, 0.29) is 82.2 Å². The van der Waals surface area contributed by atoms with Gasteiger partial charge in [-0.05, 0) is 91.3 Å². The Kier molecular flexibility index (Phi) is 9.32. The number of hydrogen-bond donors (Lipinski definition) is 1. The molecule has 17 heteroatoms. The topological polar surface area (TPSA) is 131 Å². The number of aromatic nitrogens is 3. The van der Waals surface area contributed by atoms with Gasteiger partial charge in [0.05, 0.1) is 35.8 Å². The number of carbonyl (C=O) groups excluding carboxylic acids is 2. The summed E-state index contributed by atoms with van der Waals surface area (Å²) in [6.07, 6.45) is 5.31. The number of hydrogen-bond acceptors (Lipinski definition) is 11. The van der Waals surface area contributed by atoms with Crippen molar-refractivity contribution in [3.8, 4) is 35.5 Å². The van der Waals surface area contributed by atoms with Gasteiger partial charge < -0.3 is 23.8 Å². The van der Waals surface area contributed by atoms with Gasteiger partial charge in [0.25, 0.3) is 5.92 Å². The number of halogens is 4. The van der Waals surface area contributed by atoms with Gasteiger partial charge >= 0.3 is 18.2 Å². The van der Waals surface area contributed by atoms with Crippen molar-refractivity contribution in [2.75, 3.05) is 36.5 Å². The number of amides is 2. The molecule has 4 saturated heterocycles. The molecule has 322 valence electrons. The van der Waals surface area contributed by atoms with Gasteiger partial charge in [-0.1, -0.05) is 12.0 Å². The SMILES string of the molecule is C#Cc1c(F)ccc2cc(NC(=O)OC(C)(C)C)cc(-c3nc4c5c(nc(OC[C@]67CCN6CC(F)(F)C7)nc5c3F)N3C[C@H]5CC[C@@H]([C@H]3[C@H](C)O4)N5C(=O)OC(C)(C)C)c12. The number of piperazine rings is 1. The average molecular weight is 846 g/mol. The molecule has 4 fully saturated rings. The number of alkyl halides is 2. The van der Waals surface area contributed by atoms with Crippen LogP contribution in [0, 0.1) is 24.0 Å². The highest BCUT2D eigenvalue weighted by Crippen LogP contribution is 2.50. The Morgan fingerprint density at radius 2 is 1.79 bits per heavy atom. The van der Waals surface area contributed by atoms with Crippen molar-refractivity contribution < 1.29 is 46.1 Å². The van der Waals surface area contributed by atoms with Crippen molar-refractivity contribution >= 4 is 45.4 Å². The van der Waals surface area contributed by atoms with Crippen molar-refractivity contribution in [3.63, 3.8) is 0 Å². The highest BCUT2D eigenvalue weighted by Gasteiger charge is 2.60. The molecule has 61 heavy (non-hydrogen) atoms. The van der Waals surface area contributed by atoms with Crippen LogP contribution < -0.4 is 19.7 Å². The normalized spacial score (nSPS) is 25.2. The van der Waals surface area contributed by atoms with Crippen molar-refractivity contribution in [1.82, 2.24) is 24.8 Å². The Bertz CT molecular complexity index is 2550. The van der Waals surface area contributed by atoms with E-state index in [0.717, 1.165) is 0 Å². The summed E-state index contributed by atoms with van der Waals surface area (Å²) < 4.78 is 86.8. The second-order valence-corrected chi connectivity index (χ2v) is 18.8. The maximum absolute atomic E-state index is 17.8. The summed E-state index contributed by atoms with van der Waals surface area (Å²) in [5, 5.41) is 3.30. The minimum Gasteiger partial charge on any atom is -0.472 e. The maximum Gasteiger partial charge on any atom is 0.412 e. The molecule has 7 heterocycles. The van der Waals surface area contributed by atoms with Crippen LogP contribution in [0.5, 0.6) is 11.9 Å². The predicted octanol–water partition coefficient (Wildman–Crippen LogP) is 8.05. The zero-order chi connectivity index (χ0) is 43.6. The summed E-state index contributed by atoms with van der Waals surface area (Å²) in [5.41, 5.74) is -3.09. The van der Waals surface area contributed by atoms with E-state index >= 15 is 8.78 Å². The molecule has 0 unspecified atom stereocenters. The van der Waals surface area contributed by atoms with Crippen molar-refractivity contribution in [2.24, 2.45) is 0 Å². The zero-order valence-corrected chi connectivity index (χ0v) is 35.0. The Balaban J connectivity index is 1.22. The van der Waals surface area contributed by atoms with E-state index in [9.17, 15) is 18.4 Å². The molecule has 2 bridgehead atoms. The third-order valence-electron chi connectivity index (χ3n) is 12.2. The summed E-state index contributed by atoms with van der Waals surface area (Å²) in [6, 6.07) is 4.13. The smallest absolute Gasteiger partial charge is 0.412 e. The lowest BCUT2D eigenvalue weighted by Gasteiger charge is -2.48. The Morgan fingerprint density at radius 1 is 1.03 bits per heavy atom. The minimum absolute atomic E-state index is 0.0138. The third-order valence-corrected chi connectivity index (χ3v) is 12.2. The number of rotatable bonds is 5. The van der Waals surface area contributed by atoms with E-state index in [0.29, 0.717) is 31.2 Å². The lowest BCUT2D eigenvalue weighted by Crippen LogP contribution is -2.65. The van der Waals surface area contributed by atoms with E-state index in [2.05, 4.69) is 16.2 Å². The van der Waals surface area contributed by atoms with Gasteiger partial charge in [-0.25, -0.2) is 32.1 Å². The first-order valence-electron chi connectivity index (χ1n) is 20.5. The molecule has 2 aromatic carbocycles. The van der Waals surface area contributed by atoms with Gasteiger partial charge in [0.1, 0.15) is 52.1 Å². The van der Waals surface area contributed by atoms with Gasteiger partial charge in [-0.15, -0.1) is 6.42 Å². The van der Waals surface area contributed by atoms with E-state index in [1.54, 1.807) is 57.4 Å². The van der Waals surface area contributed by atoms with E-state index in [4.69, 9.17) is 35.3 Å². The number of ether oxygens (including phenoxy) is 4. The number of nitrogens with zero attached hydrogens (tertiary/aromatic N) is 6. The standard InChI is InChI=1S/C44H47F4N7O6/c1-9-26-28(45)12-10-23-16-24(49-39(56)60-41(3,4)5)17-27(30(23)26)33-32(46)34-31-36(52-38(51-34)58-21-43-14-15-53(43)20-44(47,48)19-43)54-18-25-11-13-29(35(54)22(2)59-37(31)50-33)55(25)40(57)61-42(6,7)8/h1,10,12,16-17,22,25,29,35H,11,13-15,18-21H2,2-8H3,(H,49,56)/t22-,25+,29-,35+,43+/m0/s1. The van der Waals surface area contributed by atoms with E-state index in [1.165, 1.54) is 18.2 Å². The number of fused-ring (bicyclic) bond motifs is 7. The van der Waals surface area contributed by atoms with Gasteiger partial charge in [-0.3, -0.25) is 15.1 Å². The molecule has 2 amide bonds. The van der Waals surface area contributed by atoms with Gasteiger partial charge in [0.15, 0.2) is 5.82 Å². The molecule has 1 N–H and O–H groups in total. The van der Waals surface area contributed by atoms with Crippen molar-refractivity contribution in [1.29, 1.82) is 0 Å². The van der Waals surface area contributed by atoms with Gasteiger partial charge in [0.2, 0.25) is 5.88 Å². The van der Waals surface area contributed by atoms with E-state index < -0.39 is 71.1 Å². The highest BCUT2D eigenvalue weighted by molar-refractivity contribution is 6.06. The molecule has 5 aliphatic heterocycles. The van der Waals surface area contributed by atoms with Crippen LogP contribution in [0.1, 0.15) is 79.7 Å². The van der Waals surface area contributed by atoms with Crippen LogP contribution in [0.2, 0.25) is 0 Å². The molecule has 0 spiro atoms. The summed E-state index contributed by atoms with van der Waals surface area (Å²) >= 11 is 0. The van der Waals surface area contributed by atoms with E-state index in [1.807, 2.05) is 11.8 Å². The number of terminal acetylenes is 1. The first-order chi connectivity index (χ1) is 28.6. The predicted molar refractivity (Wildman–Crippen MR) is 218 cm³/mol. The van der Waals surface area contributed by atoms with Crippen LogP contribution in [0.3, 0.4) is 0 Å². The molecule has 5 atom stereocenters. The summed E-state index contributed by atoms with van der Waals surface area (Å²) in [6.45, 7) is 12.6. The zero-order valence-electron chi connectivity index (χ0n) is 35.0. The quantitative estimate of drug-likeness (QED) is 0.155. The number of benzene rings is 2. The van der Waals surface area contributed by atoms with Crippen molar-refractivity contribution in [3.05, 3.63) is 41.5 Å². The van der Waals surface area contributed by atoms with Crippen LogP contribution in [-0.2, 0) is 9.47 Å². The number of nitrogens with one attached hydrogen (secondary N) is 1. The highest BCUT2D eigenvalue weighted by atomic mass is 19.3. The van der Waals surface area contributed by atoms with Gasteiger partial charge in [-0.2, -0.15) is 9.97 Å². The Morgan fingerprint density at radius 3 is 2.46 bits per heavy atom. The molecular formula is C44H47F4N7O6. The van der Waals surface area contributed by atoms with Crippen LogP contribution >= 0.6 is 0 Å². The summed E-state index contributed by atoms with van der Waals surface area (Å²) in [5.74, 6) is -2.02. The fourth-order valence-corrected chi connectivity index (χ4v) is 9.79. The maximum atomic E-state index is 17.8. The fraction of sp³-hybridized carbons (Fsp3) is 0.523. The molecule has 13 nitrogen and oxygen atoms in total. The second-order valence-electron chi connectivity index (χ2n) is 18.8. The van der Waals surface area contributed by atoms with Crippen molar-refractivity contribution in [2.45, 2.75) is 121 Å². The van der Waals surface area contributed by atoms with Gasteiger partial charge in [0, 0.05) is 36.1 Å². The Labute approximate surface area is 350 Å². The monoisotopic (exact) mass is 845 g/mol. The lowest BCUT2D eigenvalue weighted by atomic mass is 9.85. The molecule has 5 aliphatic rings. The molecule has 0 aliphatic carbocycles. The minimum atomic E-state index is -2.89. The molecule has 2 aromatic heterocycles. The second kappa shape index (κ2) is 13.9. The third kappa shape index (κ3) is 7.06. The summed E-state index contributed by atoms with van der Waals surface area (Å²) in [4.78, 5) is 46.4. The molecule has 0 saturated carbocycles. The first kappa shape index (κ1) is 40.8. The summed E-state index contributed by atoms with van der Waals surface area (Å²) in [7, 11) is 0. The van der Waals surface area contributed by atoms with Crippen LogP contribution in [-0.4, -0.2) is 110 Å².